The number of carbonyl (C=O) groups excluding carboxylic acids is 1. The fourth-order valence-corrected chi connectivity index (χ4v) is 2.61. The van der Waals surface area contributed by atoms with E-state index in [-0.39, 0.29) is 6.09 Å². The minimum absolute atomic E-state index is 0.333. The fraction of sp³-hybridized carbons (Fsp3) is 0.500. The first-order valence-corrected chi connectivity index (χ1v) is 6.74. The molecule has 1 aliphatic rings. The first kappa shape index (κ1) is 14.2. The number of amides is 1. The molecule has 1 atom stereocenters. The molecule has 1 aliphatic heterocycles. The van der Waals surface area contributed by atoms with Crippen LogP contribution in [-0.2, 0) is 10.3 Å². The molecule has 1 aromatic carbocycles. The van der Waals surface area contributed by atoms with Gasteiger partial charge in [-0.3, -0.25) is 0 Å². The predicted octanol–water partition coefficient (Wildman–Crippen LogP) is 2.78. The Morgan fingerprint density at radius 1 is 1.32 bits per heavy atom. The van der Waals surface area contributed by atoms with Crippen LogP contribution in [0.4, 0.5) is 4.79 Å². The Bertz CT molecular complexity index is 449. The molecule has 5 heteroatoms. The maximum absolute atomic E-state index is 11.5. The molecular formula is C14H18ClNO3. The number of methoxy groups -OCH3 is 1. The Balaban J connectivity index is 2.12. The predicted molar refractivity (Wildman–Crippen MR) is 73.2 cm³/mol. The topological polar surface area (TPSA) is 49.8 Å². The SMILES string of the molecule is COC(=O)N1CCCC(O)(c2ccc(Cl)cc2)CC1. The number of benzene rings is 1. The van der Waals surface area contributed by atoms with Gasteiger partial charge in [-0.05, 0) is 37.0 Å². The number of ether oxygens (including phenoxy) is 1. The zero-order chi connectivity index (χ0) is 13.9. The Hall–Kier alpha value is -1.26. The first-order valence-electron chi connectivity index (χ1n) is 6.36. The van der Waals surface area contributed by atoms with Crippen molar-refractivity contribution in [2.24, 2.45) is 0 Å². The molecule has 4 nitrogen and oxygen atoms in total. The zero-order valence-corrected chi connectivity index (χ0v) is 11.7. The third kappa shape index (κ3) is 3.19. The maximum Gasteiger partial charge on any atom is 0.409 e. The Morgan fingerprint density at radius 2 is 2.00 bits per heavy atom. The summed E-state index contributed by atoms with van der Waals surface area (Å²) in [4.78, 5) is 13.1. The average Bonchev–Trinajstić information content (AvgIpc) is 2.61. The Kier molecular flexibility index (Phi) is 4.32. The number of aliphatic hydroxyl groups is 1. The first-order chi connectivity index (χ1) is 9.05. The summed E-state index contributed by atoms with van der Waals surface area (Å²) in [5, 5.41) is 11.4. The molecule has 0 aromatic heterocycles. The smallest absolute Gasteiger partial charge is 0.409 e. The fourth-order valence-electron chi connectivity index (χ4n) is 2.48. The highest BCUT2D eigenvalue weighted by atomic mass is 35.5. The highest BCUT2D eigenvalue weighted by molar-refractivity contribution is 6.30. The van der Waals surface area contributed by atoms with Crippen LogP contribution in [0.25, 0.3) is 0 Å². The summed E-state index contributed by atoms with van der Waals surface area (Å²) in [6.07, 6.45) is 1.54. The van der Waals surface area contributed by atoms with Crippen molar-refractivity contribution >= 4 is 17.7 Å². The van der Waals surface area contributed by atoms with Crippen LogP contribution in [0, 0.1) is 0 Å². The molecule has 1 fully saturated rings. The average molecular weight is 284 g/mol. The maximum atomic E-state index is 11.5. The summed E-state index contributed by atoms with van der Waals surface area (Å²) in [6.45, 7) is 1.11. The van der Waals surface area contributed by atoms with Gasteiger partial charge in [0.2, 0.25) is 0 Å². The van der Waals surface area contributed by atoms with Crippen LogP contribution in [0.5, 0.6) is 0 Å². The lowest BCUT2D eigenvalue weighted by Gasteiger charge is -2.27. The van der Waals surface area contributed by atoms with Crippen LogP contribution >= 0.6 is 11.6 Å². The van der Waals surface area contributed by atoms with Gasteiger partial charge in [-0.2, -0.15) is 0 Å². The van der Waals surface area contributed by atoms with Crippen molar-refractivity contribution in [2.45, 2.75) is 24.9 Å². The number of hydrogen-bond donors (Lipinski definition) is 1. The van der Waals surface area contributed by atoms with Gasteiger partial charge in [0, 0.05) is 18.1 Å². The van der Waals surface area contributed by atoms with Gasteiger partial charge in [-0.25, -0.2) is 4.79 Å². The number of hydrogen-bond acceptors (Lipinski definition) is 3. The lowest BCUT2D eigenvalue weighted by Crippen LogP contribution is -2.33. The van der Waals surface area contributed by atoms with E-state index >= 15 is 0 Å². The third-order valence-electron chi connectivity index (χ3n) is 3.63. The van der Waals surface area contributed by atoms with Crippen molar-refractivity contribution in [3.63, 3.8) is 0 Å². The number of nitrogens with zero attached hydrogens (tertiary/aromatic N) is 1. The van der Waals surface area contributed by atoms with E-state index in [1.165, 1.54) is 7.11 Å². The highest BCUT2D eigenvalue weighted by Gasteiger charge is 2.33. The normalized spacial score (nSPS) is 23.8. The second-order valence-corrected chi connectivity index (χ2v) is 5.29. The largest absolute Gasteiger partial charge is 0.453 e. The molecule has 0 saturated carbocycles. The van der Waals surface area contributed by atoms with Gasteiger partial charge in [0.15, 0.2) is 0 Å². The van der Waals surface area contributed by atoms with Crippen LogP contribution < -0.4 is 0 Å². The van der Waals surface area contributed by atoms with Crippen LogP contribution in [0.1, 0.15) is 24.8 Å². The van der Waals surface area contributed by atoms with E-state index < -0.39 is 5.60 Å². The molecule has 1 aromatic rings. The Morgan fingerprint density at radius 3 is 2.63 bits per heavy atom. The van der Waals surface area contributed by atoms with Crippen LogP contribution in [0.3, 0.4) is 0 Å². The quantitative estimate of drug-likeness (QED) is 0.862. The summed E-state index contributed by atoms with van der Waals surface area (Å²) >= 11 is 5.86. The van der Waals surface area contributed by atoms with Gasteiger partial charge in [0.05, 0.1) is 12.7 Å². The molecule has 1 heterocycles. The van der Waals surface area contributed by atoms with Crippen LogP contribution in [0.15, 0.2) is 24.3 Å². The molecule has 0 radical (unpaired) electrons. The minimum atomic E-state index is -0.895. The van der Waals surface area contributed by atoms with Gasteiger partial charge in [0.1, 0.15) is 0 Å². The standard InChI is InChI=1S/C14H18ClNO3/c1-19-13(17)16-9-2-7-14(18,8-10-16)11-3-5-12(15)6-4-11/h3-6,18H,2,7-10H2,1H3. The van der Waals surface area contributed by atoms with Gasteiger partial charge in [-0.1, -0.05) is 23.7 Å². The van der Waals surface area contributed by atoms with Crippen molar-refractivity contribution in [3.8, 4) is 0 Å². The molecule has 1 amide bonds. The Labute approximate surface area is 117 Å². The molecule has 0 spiro atoms. The van der Waals surface area contributed by atoms with E-state index in [1.807, 2.05) is 12.1 Å². The molecular weight excluding hydrogens is 266 g/mol. The van der Waals surface area contributed by atoms with Gasteiger partial charge >= 0.3 is 6.09 Å². The molecule has 104 valence electrons. The number of rotatable bonds is 1. The van der Waals surface area contributed by atoms with Gasteiger partial charge in [0.25, 0.3) is 0 Å². The number of halogens is 1. The summed E-state index contributed by atoms with van der Waals surface area (Å²) in [5.41, 5.74) is -0.0449. The summed E-state index contributed by atoms with van der Waals surface area (Å²) in [5.74, 6) is 0. The summed E-state index contributed by atoms with van der Waals surface area (Å²) in [7, 11) is 1.37. The van der Waals surface area contributed by atoms with Crippen LogP contribution in [-0.4, -0.2) is 36.3 Å². The summed E-state index contributed by atoms with van der Waals surface area (Å²) < 4.78 is 4.72. The molecule has 1 unspecified atom stereocenters. The van der Waals surface area contributed by atoms with Crippen molar-refractivity contribution < 1.29 is 14.6 Å². The van der Waals surface area contributed by atoms with E-state index in [2.05, 4.69) is 0 Å². The van der Waals surface area contributed by atoms with Crippen molar-refractivity contribution in [3.05, 3.63) is 34.9 Å². The highest BCUT2D eigenvalue weighted by Crippen LogP contribution is 2.33. The van der Waals surface area contributed by atoms with Gasteiger partial charge in [-0.15, -0.1) is 0 Å². The van der Waals surface area contributed by atoms with E-state index in [9.17, 15) is 9.90 Å². The molecule has 0 bridgehead atoms. The second-order valence-electron chi connectivity index (χ2n) is 4.85. The second kappa shape index (κ2) is 5.80. The minimum Gasteiger partial charge on any atom is -0.453 e. The molecule has 19 heavy (non-hydrogen) atoms. The van der Waals surface area contributed by atoms with Crippen LogP contribution in [0.2, 0.25) is 5.02 Å². The van der Waals surface area contributed by atoms with Crippen molar-refractivity contribution in [1.82, 2.24) is 4.90 Å². The number of carbonyl (C=O) groups is 1. The van der Waals surface area contributed by atoms with Crippen molar-refractivity contribution in [2.75, 3.05) is 20.2 Å². The molecule has 0 aliphatic carbocycles. The molecule has 1 saturated heterocycles. The number of likely N-dealkylation sites (tertiary alicyclic amines) is 1. The van der Waals surface area contributed by atoms with E-state index in [4.69, 9.17) is 16.3 Å². The zero-order valence-electron chi connectivity index (χ0n) is 10.9. The molecule has 2 rings (SSSR count). The summed E-state index contributed by atoms with van der Waals surface area (Å²) in [6, 6.07) is 7.24. The monoisotopic (exact) mass is 283 g/mol. The van der Waals surface area contributed by atoms with E-state index in [0.29, 0.717) is 31.0 Å². The third-order valence-corrected chi connectivity index (χ3v) is 3.88. The van der Waals surface area contributed by atoms with Gasteiger partial charge < -0.3 is 14.7 Å². The van der Waals surface area contributed by atoms with Crippen molar-refractivity contribution in [1.29, 1.82) is 0 Å². The lowest BCUT2D eigenvalue weighted by molar-refractivity contribution is 0.0213. The molecule has 1 N–H and O–H groups in total. The van der Waals surface area contributed by atoms with E-state index in [1.54, 1.807) is 17.0 Å². The lowest BCUT2D eigenvalue weighted by atomic mass is 9.87. The van der Waals surface area contributed by atoms with E-state index in [0.717, 1.165) is 12.0 Å².